The molecule has 1 amide bonds. The molecule has 0 fully saturated rings. The highest BCUT2D eigenvalue weighted by Crippen LogP contribution is 2.19. The minimum absolute atomic E-state index is 0.0300. The highest BCUT2D eigenvalue weighted by molar-refractivity contribution is 5.78. The number of nitro benzene ring substituents is 1. The first kappa shape index (κ1) is 19.2. The number of alkyl halides is 3. The Labute approximate surface area is 146 Å². The van der Waals surface area contributed by atoms with Crippen LogP contribution in [0.15, 0.2) is 48.5 Å². The van der Waals surface area contributed by atoms with Crippen LogP contribution in [0.2, 0.25) is 0 Å². The Hall–Kier alpha value is -3.10. The molecule has 0 bridgehead atoms. The van der Waals surface area contributed by atoms with Crippen LogP contribution in [0.5, 0.6) is 5.75 Å². The molecule has 0 radical (unpaired) electrons. The van der Waals surface area contributed by atoms with E-state index in [0.29, 0.717) is 11.1 Å². The zero-order valence-electron chi connectivity index (χ0n) is 13.5. The number of halogens is 3. The average Bonchev–Trinajstić information content (AvgIpc) is 2.58. The third-order valence-electron chi connectivity index (χ3n) is 3.30. The number of carbonyl (C=O) groups is 1. The van der Waals surface area contributed by atoms with Gasteiger partial charge < -0.3 is 10.1 Å². The number of non-ortho nitro benzene ring substituents is 1. The fraction of sp³-hybridized carbons (Fsp3) is 0.235. The number of rotatable bonds is 7. The third kappa shape index (κ3) is 6.42. The molecule has 0 aliphatic rings. The van der Waals surface area contributed by atoms with E-state index in [4.69, 9.17) is 0 Å². The van der Waals surface area contributed by atoms with Gasteiger partial charge in [-0.1, -0.05) is 24.3 Å². The van der Waals surface area contributed by atoms with Crippen molar-refractivity contribution in [3.8, 4) is 5.75 Å². The number of nitro groups is 1. The van der Waals surface area contributed by atoms with Gasteiger partial charge in [0.05, 0.1) is 11.3 Å². The van der Waals surface area contributed by atoms with Gasteiger partial charge in [0.2, 0.25) is 5.91 Å². The van der Waals surface area contributed by atoms with Crippen molar-refractivity contribution in [2.24, 2.45) is 0 Å². The summed E-state index contributed by atoms with van der Waals surface area (Å²) in [6.07, 6.45) is -4.39. The number of nitrogens with zero attached hydrogens (tertiary/aromatic N) is 1. The molecule has 0 saturated carbocycles. The maximum Gasteiger partial charge on any atom is 0.422 e. The second-order valence-electron chi connectivity index (χ2n) is 5.43. The molecule has 26 heavy (non-hydrogen) atoms. The van der Waals surface area contributed by atoms with Crippen molar-refractivity contribution in [3.63, 3.8) is 0 Å². The molecule has 0 unspecified atom stereocenters. The van der Waals surface area contributed by atoms with Gasteiger partial charge in [-0.05, 0) is 23.3 Å². The van der Waals surface area contributed by atoms with Crippen molar-refractivity contribution in [1.29, 1.82) is 0 Å². The van der Waals surface area contributed by atoms with Crippen LogP contribution in [-0.4, -0.2) is 23.6 Å². The molecule has 1 N–H and O–H groups in total. The molecule has 0 atom stereocenters. The average molecular weight is 368 g/mol. The Morgan fingerprint density at radius 2 is 1.81 bits per heavy atom. The van der Waals surface area contributed by atoms with Crippen LogP contribution < -0.4 is 10.1 Å². The first-order valence-corrected chi connectivity index (χ1v) is 7.51. The van der Waals surface area contributed by atoms with Gasteiger partial charge in [-0.2, -0.15) is 13.2 Å². The highest BCUT2D eigenvalue weighted by Gasteiger charge is 2.28. The summed E-state index contributed by atoms with van der Waals surface area (Å²) in [5.74, 6) is -0.259. The molecule has 0 aliphatic carbocycles. The van der Waals surface area contributed by atoms with Crippen molar-refractivity contribution < 1.29 is 27.6 Å². The van der Waals surface area contributed by atoms with Crippen LogP contribution in [-0.2, 0) is 17.8 Å². The summed E-state index contributed by atoms with van der Waals surface area (Å²) in [5.41, 5.74) is 1.13. The molecular formula is C17H15F3N2O4. The Kier molecular flexibility index (Phi) is 6.16. The molecular weight excluding hydrogens is 353 g/mol. The summed E-state index contributed by atoms with van der Waals surface area (Å²) in [6.45, 7) is -1.27. The smallest absolute Gasteiger partial charge is 0.422 e. The lowest BCUT2D eigenvalue weighted by atomic mass is 10.1. The Balaban J connectivity index is 1.86. The van der Waals surface area contributed by atoms with Crippen molar-refractivity contribution in [2.75, 3.05) is 6.61 Å². The SMILES string of the molecule is O=C(Cc1ccc([N+](=O)[O-])cc1)NCc1cccc(OCC(F)(F)F)c1. The predicted octanol–water partition coefficient (Wildman–Crippen LogP) is 3.39. The van der Waals surface area contributed by atoms with E-state index in [1.165, 1.54) is 42.5 Å². The van der Waals surface area contributed by atoms with Gasteiger partial charge in [0, 0.05) is 18.7 Å². The van der Waals surface area contributed by atoms with Gasteiger partial charge in [0.25, 0.3) is 5.69 Å². The Bertz CT molecular complexity index is 776. The third-order valence-corrected chi connectivity index (χ3v) is 3.30. The lowest BCUT2D eigenvalue weighted by Crippen LogP contribution is -2.24. The van der Waals surface area contributed by atoms with Gasteiger partial charge >= 0.3 is 6.18 Å². The maximum atomic E-state index is 12.2. The number of nitrogens with one attached hydrogen (secondary N) is 1. The van der Waals surface area contributed by atoms with Gasteiger partial charge in [-0.15, -0.1) is 0 Å². The number of amides is 1. The van der Waals surface area contributed by atoms with Gasteiger partial charge in [0.1, 0.15) is 5.75 Å². The Morgan fingerprint density at radius 1 is 1.12 bits per heavy atom. The minimum Gasteiger partial charge on any atom is -0.484 e. The molecule has 0 saturated heterocycles. The van der Waals surface area contributed by atoms with E-state index in [1.54, 1.807) is 6.07 Å². The van der Waals surface area contributed by atoms with E-state index in [9.17, 15) is 28.1 Å². The standard InChI is InChI=1S/C17H15F3N2O4/c18-17(19,20)11-26-15-3-1-2-13(8-15)10-21-16(23)9-12-4-6-14(7-5-12)22(24)25/h1-8H,9-11H2,(H,21,23). The van der Waals surface area contributed by atoms with Crippen LogP contribution in [0, 0.1) is 10.1 Å². The van der Waals surface area contributed by atoms with Crippen molar-refractivity contribution >= 4 is 11.6 Å². The fourth-order valence-corrected chi connectivity index (χ4v) is 2.09. The summed E-state index contributed by atoms with van der Waals surface area (Å²) in [4.78, 5) is 22.0. The molecule has 0 aliphatic heterocycles. The lowest BCUT2D eigenvalue weighted by Gasteiger charge is -2.11. The van der Waals surface area contributed by atoms with Crippen LogP contribution in [0.1, 0.15) is 11.1 Å². The first-order chi connectivity index (χ1) is 12.2. The number of ether oxygens (including phenoxy) is 1. The first-order valence-electron chi connectivity index (χ1n) is 7.51. The molecule has 2 aromatic carbocycles. The monoisotopic (exact) mass is 368 g/mol. The second-order valence-corrected chi connectivity index (χ2v) is 5.43. The molecule has 0 heterocycles. The van der Waals surface area contributed by atoms with Gasteiger partial charge in [-0.25, -0.2) is 0 Å². The minimum atomic E-state index is -4.42. The van der Waals surface area contributed by atoms with E-state index in [1.807, 2.05) is 0 Å². The van der Waals surface area contributed by atoms with Crippen LogP contribution in [0.3, 0.4) is 0 Å². The summed E-state index contributed by atoms with van der Waals surface area (Å²) >= 11 is 0. The molecule has 2 aromatic rings. The summed E-state index contributed by atoms with van der Waals surface area (Å²) in [6, 6.07) is 11.6. The van der Waals surface area contributed by atoms with E-state index < -0.39 is 17.7 Å². The molecule has 9 heteroatoms. The van der Waals surface area contributed by atoms with Gasteiger partial charge in [0.15, 0.2) is 6.61 Å². The van der Waals surface area contributed by atoms with E-state index in [2.05, 4.69) is 10.1 Å². The van der Waals surface area contributed by atoms with Crippen LogP contribution >= 0.6 is 0 Å². The van der Waals surface area contributed by atoms with Crippen molar-refractivity contribution in [1.82, 2.24) is 5.32 Å². The molecule has 0 aromatic heterocycles. The maximum absolute atomic E-state index is 12.2. The molecule has 6 nitrogen and oxygen atoms in total. The van der Waals surface area contributed by atoms with Crippen LogP contribution in [0.4, 0.5) is 18.9 Å². The quantitative estimate of drug-likeness (QED) is 0.600. The van der Waals surface area contributed by atoms with E-state index >= 15 is 0 Å². The molecule has 138 valence electrons. The summed E-state index contributed by atoms with van der Waals surface area (Å²) in [7, 11) is 0. The predicted molar refractivity (Wildman–Crippen MR) is 86.6 cm³/mol. The van der Waals surface area contributed by atoms with E-state index in [-0.39, 0.29) is 30.3 Å². The number of hydrogen-bond donors (Lipinski definition) is 1. The normalized spacial score (nSPS) is 11.0. The highest BCUT2D eigenvalue weighted by atomic mass is 19.4. The molecule has 0 spiro atoms. The number of carbonyl (C=O) groups excluding carboxylic acids is 1. The van der Waals surface area contributed by atoms with Crippen molar-refractivity contribution in [2.45, 2.75) is 19.1 Å². The zero-order chi connectivity index (χ0) is 19.2. The molecule has 2 rings (SSSR count). The number of benzene rings is 2. The summed E-state index contributed by atoms with van der Waals surface area (Å²) in [5, 5.41) is 13.2. The largest absolute Gasteiger partial charge is 0.484 e. The zero-order valence-corrected chi connectivity index (χ0v) is 13.5. The van der Waals surface area contributed by atoms with Gasteiger partial charge in [-0.3, -0.25) is 14.9 Å². The topological polar surface area (TPSA) is 81.5 Å². The van der Waals surface area contributed by atoms with Crippen molar-refractivity contribution in [3.05, 3.63) is 69.8 Å². The van der Waals surface area contributed by atoms with E-state index in [0.717, 1.165) is 0 Å². The second kappa shape index (κ2) is 8.32. The lowest BCUT2D eigenvalue weighted by molar-refractivity contribution is -0.384. The Morgan fingerprint density at radius 3 is 2.42 bits per heavy atom. The fourth-order valence-electron chi connectivity index (χ4n) is 2.09. The summed E-state index contributed by atoms with van der Waals surface area (Å²) < 4.78 is 41.1. The van der Waals surface area contributed by atoms with Crippen LogP contribution in [0.25, 0.3) is 0 Å². The number of hydrogen-bond acceptors (Lipinski definition) is 4.